The maximum atomic E-state index is 12.8. The summed E-state index contributed by atoms with van der Waals surface area (Å²) >= 11 is 0. The van der Waals surface area contributed by atoms with Gasteiger partial charge in [-0.25, -0.2) is 4.79 Å². The summed E-state index contributed by atoms with van der Waals surface area (Å²) in [5, 5.41) is 10.8. The molecule has 2 aromatic rings. The van der Waals surface area contributed by atoms with E-state index in [0.717, 1.165) is 16.7 Å². The van der Waals surface area contributed by atoms with Crippen molar-refractivity contribution in [1.29, 1.82) is 0 Å². The van der Waals surface area contributed by atoms with Gasteiger partial charge in [0.05, 0.1) is 10.5 Å². The van der Waals surface area contributed by atoms with E-state index >= 15 is 0 Å². The summed E-state index contributed by atoms with van der Waals surface area (Å²) < 4.78 is 6.04. The van der Waals surface area contributed by atoms with Crippen LogP contribution in [0, 0.1) is 36.3 Å². The van der Waals surface area contributed by atoms with Crippen molar-refractivity contribution in [2.45, 2.75) is 54.1 Å². The van der Waals surface area contributed by atoms with Crippen LogP contribution < -0.4 is 0 Å². The van der Waals surface area contributed by atoms with E-state index in [1.807, 2.05) is 41.5 Å². The quantitative estimate of drug-likeness (QED) is 0.397. The Labute approximate surface area is 160 Å². The van der Waals surface area contributed by atoms with E-state index in [2.05, 4.69) is 19.1 Å². The summed E-state index contributed by atoms with van der Waals surface area (Å²) in [6, 6.07) is 9.67. The zero-order valence-corrected chi connectivity index (χ0v) is 17.0. The fourth-order valence-electron chi connectivity index (χ4n) is 3.05. The zero-order chi connectivity index (χ0) is 20.6. The first-order chi connectivity index (χ1) is 12.4. The number of aryl methyl sites for hydroxylation is 3. The van der Waals surface area contributed by atoms with Gasteiger partial charge in [0.15, 0.2) is 0 Å². The van der Waals surface area contributed by atoms with Crippen molar-refractivity contribution in [3.63, 3.8) is 0 Å². The van der Waals surface area contributed by atoms with Gasteiger partial charge in [-0.1, -0.05) is 32.9 Å². The zero-order valence-electron chi connectivity index (χ0n) is 17.0. The molecule has 0 amide bonds. The predicted octanol–water partition coefficient (Wildman–Crippen LogP) is 5.64. The molecule has 5 nitrogen and oxygen atoms in total. The molecular formula is C22H27NO4. The lowest BCUT2D eigenvalue weighted by Crippen LogP contribution is -2.42. The van der Waals surface area contributed by atoms with E-state index in [9.17, 15) is 14.9 Å². The second kappa shape index (κ2) is 7.14. The molecule has 144 valence electrons. The molecule has 0 radical (unpaired) electrons. The van der Waals surface area contributed by atoms with Crippen LogP contribution in [0.3, 0.4) is 0 Å². The number of carbonyl (C=O) groups excluding carboxylic acids is 1. The molecule has 0 aliphatic heterocycles. The van der Waals surface area contributed by atoms with E-state index < -0.39 is 16.5 Å². The molecule has 1 unspecified atom stereocenters. The minimum absolute atomic E-state index is 0.0601. The number of nitro benzene ring substituents is 1. The Morgan fingerprint density at radius 1 is 0.926 bits per heavy atom. The Morgan fingerprint density at radius 2 is 1.44 bits per heavy atom. The van der Waals surface area contributed by atoms with Crippen LogP contribution in [0.1, 0.15) is 60.3 Å². The first-order valence-electron chi connectivity index (χ1n) is 8.93. The van der Waals surface area contributed by atoms with Gasteiger partial charge >= 0.3 is 5.97 Å². The molecule has 0 spiro atoms. The van der Waals surface area contributed by atoms with Gasteiger partial charge in [0.2, 0.25) is 0 Å². The largest absolute Gasteiger partial charge is 0.450 e. The Hall–Kier alpha value is -2.69. The lowest BCUT2D eigenvalue weighted by Gasteiger charge is -2.42. The van der Waals surface area contributed by atoms with Gasteiger partial charge in [0.25, 0.3) is 5.69 Å². The predicted molar refractivity (Wildman–Crippen MR) is 106 cm³/mol. The van der Waals surface area contributed by atoms with Crippen molar-refractivity contribution in [3.05, 3.63) is 74.3 Å². The minimum Gasteiger partial charge on any atom is -0.450 e. The maximum Gasteiger partial charge on any atom is 0.339 e. The third-order valence-corrected chi connectivity index (χ3v) is 5.40. The van der Waals surface area contributed by atoms with Crippen molar-refractivity contribution in [2.24, 2.45) is 5.41 Å². The van der Waals surface area contributed by atoms with E-state index in [4.69, 9.17) is 4.74 Å². The highest BCUT2D eigenvalue weighted by Crippen LogP contribution is 2.44. The molecule has 0 aliphatic rings. The topological polar surface area (TPSA) is 69.4 Å². The first-order valence-corrected chi connectivity index (χ1v) is 8.93. The van der Waals surface area contributed by atoms with Crippen LogP contribution in [0.25, 0.3) is 0 Å². The van der Waals surface area contributed by atoms with Crippen LogP contribution in [0.4, 0.5) is 5.69 Å². The molecule has 0 N–H and O–H groups in total. The average molecular weight is 369 g/mol. The summed E-state index contributed by atoms with van der Waals surface area (Å²) in [5.41, 5.74) is 3.35. The molecule has 1 atom stereocenters. The Balaban J connectivity index is 2.47. The summed E-state index contributed by atoms with van der Waals surface area (Å²) in [4.78, 5) is 23.2. The van der Waals surface area contributed by atoms with Gasteiger partial charge in [0.1, 0.15) is 5.60 Å². The average Bonchev–Trinajstić information content (AvgIpc) is 2.57. The normalized spacial score (nSPS) is 13.7. The van der Waals surface area contributed by atoms with E-state index in [-0.39, 0.29) is 16.7 Å². The summed E-state index contributed by atoms with van der Waals surface area (Å²) in [6.45, 7) is 14.1. The van der Waals surface area contributed by atoms with Crippen LogP contribution in [0.15, 0.2) is 36.4 Å². The number of carbonyl (C=O) groups is 1. The second-order valence-electron chi connectivity index (χ2n) is 8.23. The summed E-state index contributed by atoms with van der Waals surface area (Å²) in [5.74, 6) is -0.500. The number of hydrogen-bond acceptors (Lipinski definition) is 4. The molecule has 0 heterocycles. The van der Waals surface area contributed by atoms with E-state index in [0.29, 0.717) is 0 Å². The number of esters is 1. The number of non-ortho nitro benzene ring substituents is 1. The molecule has 0 bridgehead atoms. The lowest BCUT2D eigenvalue weighted by molar-refractivity contribution is -0.384. The fourth-order valence-corrected chi connectivity index (χ4v) is 3.05. The van der Waals surface area contributed by atoms with Crippen molar-refractivity contribution in [2.75, 3.05) is 0 Å². The Bertz CT molecular complexity index is 878. The molecule has 27 heavy (non-hydrogen) atoms. The van der Waals surface area contributed by atoms with Gasteiger partial charge in [-0.3, -0.25) is 10.1 Å². The van der Waals surface area contributed by atoms with Gasteiger partial charge < -0.3 is 4.74 Å². The molecule has 0 fully saturated rings. The van der Waals surface area contributed by atoms with Gasteiger partial charge in [0, 0.05) is 17.5 Å². The molecule has 0 aromatic heterocycles. The van der Waals surface area contributed by atoms with E-state index in [1.54, 1.807) is 0 Å². The van der Waals surface area contributed by atoms with Gasteiger partial charge in [-0.2, -0.15) is 0 Å². The van der Waals surface area contributed by atoms with Crippen molar-refractivity contribution in [3.8, 4) is 0 Å². The molecule has 2 rings (SSSR count). The third kappa shape index (κ3) is 4.02. The smallest absolute Gasteiger partial charge is 0.339 e. The highest BCUT2D eigenvalue weighted by molar-refractivity contribution is 5.90. The molecule has 0 saturated heterocycles. The fraction of sp³-hybridized carbons (Fsp3) is 0.409. The number of ether oxygens (including phenoxy) is 1. The monoisotopic (exact) mass is 369 g/mol. The number of nitrogens with zero attached hydrogens (tertiary/aromatic N) is 1. The van der Waals surface area contributed by atoms with Crippen LogP contribution in [0.5, 0.6) is 0 Å². The molecule has 2 aromatic carbocycles. The van der Waals surface area contributed by atoms with Crippen LogP contribution in [-0.4, -0.2) is 10.9 Å². The van der Waals surface area contributed by atoms with Crippen molar-refractivity contribution >= 4 is 11.7 Å². The SMILES string of the molecule is Cc1cc(C)c(C(C)(OC(=O)c2ccc([N+](=O)[O-])cc2)C(C)(C)C)cc1C. The maximum absolute atomic E-state index is 12.8. The first kappa shape index (κ1) is 20.6. The number of rotatable bonds is 4. The summed E-state index contributed by atoms with van der Waals surface area (Å²) in [7, 11) is 0. The molecule has 0 saturated carbocycles. The number of benzene rings is 2. The standard InChI is InChI=1S/C22H27NO4/c1-14-12-16(3)19(13-15(14)2)22(7,21(4,5)6)27-20(24)17-8-10-18(11-9-17)23(25)26/h8-13H,1-7H3. The van der Waals surface area contributed by atoms with Crippen LogP contribution in [0.2, 0.25) is 0 Å². The second-order valence-corrected chi connectivity index (χ2v) is 8.23. The minimum atomic E-state index is -0.867. The van der Waals surface area contributed by atoms with E-state index in [1.165, 1.54) is 29.8 Å². The van der Waals surface area contributed by atoms with Crippen molar-refractivity contribution in [1.82, 2.24) is 0 Å². The van der Waals surface area contributed by atoms with Gasteiger partial charge in [-0.05, 0) is 62.1 Å². The Kier molecular flexibility index (Phi) is 5.45. The molecule has 5 heteroatoms. The summed E-state index contributed by atoms with van der Waals surface area (Å²) in [6.07, 6.45) is 0. The Morgan fingerprint density at radius 3 is 1.93 bits per heavy atom. The highest BCUT2D eigenvalue weighted by atomic mass is 16.6. The van der Waals surface area contributed by atoms with Gasteiger partial charge in [-0.15, -0.1) is 0 Å². The van der Waals surface area contributed by atoms with Crippen LogP contribution in [-0.2, 0) is 10.3 Å². The molecular weight excluding hydrogens is 342 g/mol. The number of nitro groups is 1. The highest BCUT2D eigenvalue weighted by Gasteiger charge is 2.44. The molecule has 0 aliphatic carbocycles. The van der Waals surface area contributed by atoms with Crippen molar-refractivity contribution < 1.29 is 14.5 Å². The number of hydrogen-bond donors (Lipinski definition) is 0. The third-order valence-electron chi connectivity index (χ3n) is 5.40. The lowest BCUT2D eigenvalue weighted by atomic mass is 9.71. The van der Waals surface area contributed by atoms with Crippen LogP contribution >= 0.6 is 0 Å².